The van der Waals surface area contributed by atoms with Gasteiger partial charge in [0.05, 0.1) is 25.6 Å². The highest BCUT2D eigenvalue weighted by atomic mass is 35.5. The Kier molecular flexibility index (Phi) is 4.39. The maximum absolute atomic E-state index is 6.21. The summed E-state index contributed by atoms with van der Waals surface area (Å²) >= 11 is 6.21. The van der Waals surface area contributed by atoms with Crippen LogP contribution in [0.25, 0.3) is 0 Å². The quantitative estimate of drug-likeness (QED) is 0.921. The third kappa shape index (κ3) is 2.82. The Morgan fingerprint density at radius 3 is 2.60 bits per heavy atom. The maximum Gasteiger partial charge on any atom is 0.145 e. The van der Waals surface area contributed by atoms with Gasteiger partial charge in [0, 0.05) is 25.2 Å². The number of ether oxygens (including phenoxy) is 2. The minimum atomic E-state index is 0.585. The number of nitrogens with zero attached hydrogens (tertiary/aromatic N) is 2. The van der Waals surface area contributed by atoms with Gasteiger partial charge in [-0.15, -0.1) is 0 Å². The number of methoxy groups -OCH3 is 2. The molecule has 0 fully saturated rings. The van der Waals surface area contributed by atoms with Crippen LogP contribution in [0.4, 0.5) is 5.69 Å². The first-order valence-corrected chi connectivity index (χ1v) is 6.58. The van der Waals surface area contributed by atoms with E-state index in [1.54, 1.807) is 18.9 Å². The highest BCUT2D eigenvalue weighted by Gasteiger charge is 2.12. The minimum absolute atomic E-state index is 0.585. The molecule has 2 rings (SSSR count). The normalized spacial score (nSPS) is 10.4. The van der Waals surface area contributed by atoms with E-state index in [1.807, 2.05) is 32.2 Å². The van der Waals surface area contributed by atoms with Crippen LogP contribution in [0.15, 0.2) is 18.2 Å². The number of hydrogen-bond donors (Lipinski definition) is 1. The van der Waals surface area contributed by atoms with Gasteiger partial charge in [-0.25, -0.2) is 0 Å². The smallest absolute Gasteiger partial charge is 0.145 e. The molecule has 0 aliphatic heterocycles. The van der Waals surface area contributed by atoms with Gasteiger partial charge in [-0.1, -0.05) is 11.6 Å². The average molecular weight is 296 g/mol. The molecule has 1 N–H and O–H groups in total. The van der Waals surface area contributed by atoms with Crippen LogP contribution in [0, 0.1) is 6.92 Å². The second-order valence-corrected chi connectivity index (χ2v) is 4.76. The molecule has 0 bridgehead atoms. The van der Waals surface area contributed by atoms with Crippen LogP contribution in [-0.4, -0.2) is 24.0 Å². The summed E-state index contributed by atoms with van der Waals surface area (Å²) in [4.78, 5) is 0. The Balaban J connectivity index is 2.18. The molecule has 0 spiro atoms. The van der Waals surface area contributed by atoms with Crippen molar-refractivity contribution >= 4 is 17.3 Å². The van der Waals surface area contributed by atoms with Crippen molar-refractivity contribution in [2.45, 2.75) is 13.5 Å². The summed E-state index contributed by atoms with van der Waals surface area (Å²) in [5.41, 5.74) is 2.78. The third-order valence-electron chi connectivity index (χ3n) is 3.13. The van der Waals surface area contributed by atoms with Crippen molar-refractivity contribution in [3.63, 3.8) is 0 Å². The van der Waals surface area contributed by atoms with E-state index in [2.05, 4.69) is 10.4 Å². The largest absolute Gasteiger partial charge is 0.497 e. The van der Waals surface area contributed by atoms with Crippen LogP contribution in [0.2, 0.25) is 5.15 Å². The first kappa shape index (κ1) is 14.5. The Morgan fingerprint density at radius 2 is 2.05 bits per heavy atom. The lowest BCUT2D eigenvalue weighted by atomic mass is 10.2. The lowest BCUT2D eigenvalue weighted by Crippen LogP contribution is -2.02. The molecule has 1 heterocycles. The predicted molar refractivity (Wildman–Crippen MR) is 79.8 cm³/mol. The molecule has 6 heteroatoms. The molecule has 108 valence electrons. The number of hydrogen-bond acceptors (Lipinski definition) is 4. The molecule has 0 amide bonds. The Hall–Kier alpha value is -1.88. The Morgan fingerprint density at radius 1 is 1.30 bits per heavy atom. The summed E-state index contributed by atoms with van der Waals surface area (Å²) in [5.74, 6) is 1.48. The number of aromatic nitrogens is 2. The number of benzene rings is 1. The third-order valence-corrected chi connectivity index (χ3v) is 3.61. The van der Waals surface area contributed by atoms with Crippen LogP contribution in [0.5, 0.6) is 11.5 Å². The lowest BCUT2D eigenvalue weighted by molar-refractivity contribution is 0.395. The van der Waals surface area contributed by atoms with E-state index in [1.165, 1.54) is 0 Å². The first-order valence-electron chi connectivity index (χ1n) is 6.20. The van der Waals surface area contributed by atoms with Gasteiger partial charge in [0.1, 0.15) is 16.7 Å². The Bertz CT molecular complexity index is 611. The van der Waals surface area contributed by atoms with Crippen molar-refractivity contribution in [1.82, 2.24) is 9.78 Å². The molecule has 0 aliphatic carbocycles. The lowest BCUT2D eigenvalue weighted by Gasteiger charge is -2.12. The summed E-state index contributed by atoms with van der Waals surface area (Å²) in [6.07, 6.45) is 0. The maximum atomic E-state index is 6.21. The molecule has 1 aromatic heterocycles. The van der Waals surface area contributed by atoms with E-state index < -0.39 is 0 Å². The topological polar surface area (TPSA) is 48.3 Å². The molecule has 20 heavy (non-hydrogen) atoms. The second kappa shape index (κ2) is 6.05. The zero-order valence-electron chi connectivity index (χ0n) is 12.0. The van der Waals surface area contributed by atoms with Crippen molar-refractivity contribution in [3.8, 4) is 11.5 Å². The molecule has 5 nitrogen and oxygen atoms in total. The summed E-state index contributed by atoms with van der Waals surface area (Å²) in [6, 6.07) is 5.62. The van der Waals surface area contributed by atoms with Crippen LogP contribution in [0.3, 0.4) is 0 Å². The van der Waals surface area contributed by atoms with Gasteiger partial charge < -0.3 is 14.8 Å². The fraction of sp³-hybridized carbons (Fsp3) is 0.357. The van der Waals surface area contributed by atoms with E-state index in [0.29, 0.717) is 11.7 Å². The molecule has 2 aromatic rings. The summed E-state index contributed by atoms with van der Waals surface area (Å²) in [6.45, 7) is 2.52. The number of rotatable bonds is 5. The van der Waals surface area contributed by atoms with Gasteiger partial charge in [-0.3, -0.25) is 4.68 Å². The average Bonchev–Trinajstić information content (AvgIpc) is 2.70. The summed E-state index contributed by atoms with van der Waals surface area (Å²) in [7, 11) is 5.08. The van der Waals surface area contributed by atoms with E-state index >= 15 is 0 Å². The molecule has 0 saturated heterocycles. The van der Waals surface area contributed by atoms with E-state index in [-0.39, 0.29) is 0 Å². The standard InChI is InChI=1S/C14H18ClN3O2/c1-9-11(14(15)18(2)17-9)8-16-12-6-5-10(19-3)7-13(12)20-4/h5-7,16H,8H2,1-4H3. The number of anilines is 1. The summed E-state index contributed by atoms with van der Waals surface area (Å²) in [5, 5.41) is 8.24. The SMILES string of the molecule is COc1ccc(NCc2c(C)nn(C)c2Cl)c(OC)c1. The van der Waals surface area contributed by atoms with Gasteiger partial charge in [0.15, 0.2) is 0 Å². The van der Waals surface area contributed by atoms with Crippen LogP contribution in [-0.2, 0) is 13.6 Å². The Labute approximate surface area is 123 Å². The fourth-order valence-electron chi connectivity index (χ4n) is 2.00. The molecular formula is C14H18ClN3O2. The van der Waals surface area contributed by atoms with E-state index in [0.717, 1.165) is 28.4 Å². The monoisotopic (exact) mass is 295 g/mol. The fourth-order valence-corrected chi connectivity index (χ4v) is 2.24. The molecule has 0 radical (unpaired) electrons. The van der Waals surface area contributed by atoms with Crippen molar-refractivity contribution < 1.29 is 9.47 Å². The highest BCUT2D eigenvalue weighted by Crippen LogP contribution is 2.30. The second-order valence-electron chi connectivity index (χ2n) is 4.40. The summed E-state index contributed by atoms with van der Waals surface area (Å²) < 4.78 is 12.2. The minimum Gasteiger partial charge on any atom is -0.497 e. The van der Waals surface area contributed by atoms with Crippen molar-refractivity contribution in [3.05, 3.63) is 34.6 Å². The van der Waals surface area contributed by atoms with E-state index in [9.17, 15) is 0 Å². The van der Waals surface area contributed by atoms with Gasteiger partial charge in [-0.2, -0.15) is 5.10 Å². The number of aryl methyl sites for hydroxylation is 2. The molecular weight excluding hydrogens is 278 g/mol. The van der Waals surface area contributed by atoms with E-state index in [4.69, 9.17) is 21.1 Å². The van der Waals surface area contributed by atoms with Crippen LogP contribution in [0.1, 0.15) is 11.3 Å². The first-order chi connectivity index (χ1) is 9.56. The van der Waals surface area contributed by atoms with Gasteiger partial charge in [0.25, 0.3) is 0 Å². The molecule has 0 aliphatic rings. The molecule has 0 atom stereocenters. The van der Waals surface area contributed by atoms with Crippen molar-refractivity contribution in [2.24, 2.45) is 7.05 Å². The zero-order chi connectivity index (χ0) is 14.7. The van der Waals surface area contributed by atoms with Crippen molar-refractivity contribution in [1.29, 1.82) is 0 Å². The van der Waals surface area contributed by atoms with Crippen LogP contribution >= 0.6 is 11.6 Å². The molecule has 0 saturated carbocycles. The molecule has 1 aromatic carbocycles. The van der Waals surface area contributed by atoms with Gasteiger partial charge in [0.2, 0.25) is 0 Å². The zero-order valence-corrected chi connectivity index (χ0v) is 12.8. The highest BCUT2D eigenvalue weighted by molar-refractivity contribution is 6.30. The molecule has 0 unspecified atom stereocenters. The van der Waals surface area contributed by atoms with Gasteiger partial charge in [-0.05, 0) is 19.1 Å². The van der Waals surface area contributed by atoms with Gasteiger partial charge >= 0.3 is 0 Å². The predicted octanol–water partition coefficient (Wildman–Crippen LogP) is 3.01. The van der Waals surface area contributed by atoms with Crippen molar-refractivity contribution in [2.75, 3.05) is 19.5 Å². The number of halogens is 1. The van der Waals surface area contributed by atoms with Crippen LogP contribution < -0.4 is 14.8 Å². The number of nitrogens with one attached hydrogen (secondary N) is 1.